The number of ether oxygens (including phenoxy) is 2. The first-order chi connectivity index (χ1) is 16.2. The van der Waals surface area contributed by atoms with Crippen LogP contribution >= 0.6 is 0 Å². The zero-order chi connectivity index (χ0) is 24.7. The van der Waals surface area contributed by atoms with Gasteiger partial charge in [0.25, 0.3) is 0 Å². The Morgan fingerprint density at radius 3 is 2.44 bits per heavy atom. The number of carbonyl (C=O) groups excluding carboxylic acids is 2. The molecule has 0 unspecified atom stereocenters. The Hall–Kier alpha value is -3.27. The van der Waals surface area contributed by atoms with Crippen molar-refractivity contribution < 1.29 is 27.5 Å². The highest BCUT2D eigenvalue weighted by Gasteiger charge is 2.26. The molecule has 184 valence electrons. The summed E-state index contributed by atoms with van der Waals surface area (Å²) in [5.74, 6) is 0.587. The molecule has 2 aromatic rings. The Labute approximate surface area is 200 Å². The number of fused-ring (bicyclic) bond motifs is 1. The number of likely N-dealkylation sites (N-methyl/N-ethyl adjacent to an activating group) is 1. The average molecular weight is 490 g/mol. The molecule has 0 aliphatic carbocycles. The molecule has 0 fully saturated rings. The number of amides is 2. The van der Waals surface area contributed by atoms with Crippen molar-refractivity contribution in [3.8, 4) is 11.5 Å². The second-order valence-electron chi connectivity index (χ2n) is 8.09. The first kappa shape index (κ1) is 25.4. The summed E-state index contributed by atoms with van der Waals surface area (Å²) in [6.45, 7) is 2.28. The van der Waals surface area contributed by atoms with Crippen molar-refractivity contribution in [1.29, 1.82) is 0 Å². The fourth-order valence-electron chi connectivity index (χ4n) is 3.82. The predicted octanol–water partition coefficient (Wildman–Crippen LogP) is 2.17. The maximum Gasteiger partial charge on any atom is 0.242 e. The lowest BCUT2D eigenvalue weighted by molar-refractivity contribution is -0.139. The molecule has 0 radical (unpaired) electrons. The van der Waals surface area contributed by atoms with Crippen LogP contribution in [-0.2, 0) is 26.0 Å². The van der Waals surface area contributed by atoms with Gasteiger partial charge in [-0.05, 0) is 37.5 Å². The SMILES string of the molecule is CNC(=O)[C@H](C)N(CCc1ccccc1)C(=O)CCCN(c1ccc2c(c1)OCO2)S(C)(=O)=O. The van der Waals surface area contributed by atoms with E-state index in [1.165, 1.54) is 11.4 Å². The van der Waals surface area contributed by atoms with E-state index in [-0.39, 0.29) is 31.6 Å². The number of carbonyl (C=O) groups is 2. The molecule has 1 atom stereocenters. The second-order valence-corrected chi connectivity index (χ2v) is 10.00. The van der Waals surface area contributed by atoms with Gasteiger partial charge < -0.3 is 19.7 Å². The lowest BCUT2D eigenvalue weighted by atomic mass is 10.1. The molecule has 9 nitrogen and oxygen atoms in total. The zero-order valence-electron chi connectivity index (χ0n) is 19.7. The highest BCUT2D eigenvalue weighted by atomic mass is 32.2. The molecule has 1 heterocycles. The molecule has 0 aromatic heterocycles. The fraction of sp³-hybridized carbons (Fsp3) is 0.417. The first-order valence-corrected chi connectivity index (χ1v) is 13.0. The summed E-state index contributed by atoms with van der Waals surface area (Å²) in [4.78, 5) is 26.9. The maximum atomic E-state index is 13.1. The van der Waals surface area contributed by atoms with Gasteiger partial charge in [-0.1, -0.05) is 30.3 Å². The summed E-state index contributed by atoms with van der Waals surface area (Å²) in [6.07, 6.45) is 2.13. The number of hydrogen-bond donors (Lipinski definition) is 1. The number of hydrogen-bond acceptors (Lipinski definition) is 6. The van der Waals surface area contributed by atoms with Crippen LogP contribution in [0.3, 0.4) is 0 Å². The lowest BCUT2D eigenvalue weighted by Crippen LogP contribution is -2.48. The topological polar surface area (TPSA) is 105 Å². The van der Waals surface area contributed by atoms with Crippen LogP contribution in [0.4, 0.5) is 5.69 Å². The summed E-state index contributed by atoms with van der Waals surface area (Å²) in [5.41, 5.74) is 1.51. The zero-order valence-corrected chi connectivity index (χ0v) is 20.5. The Bertz CT molecular complexity index is 1110. The summed E-state index contributed by atoms with van der Waals surface area (Å²) < 4.78 is 36.8. The van der Waals surface area contributed by atoms with Gasteiger partial charge >= 0.3 is 0 Å². The molecular formula is C24H31N3O6S. The van der Waals surface area contributed by atoms with Crippen LogP contribution in [0.1, 0.15) is 25.3 Å². The normalized spacial score (nSPS) is 13.3. The molecule has 0 saturated carbocycles. The number of anilines is 1. The van der Waals surface area contributed by atoms with Crippen LogP contribution in [0.15, 0.2) is 48.5 Å². The molecule has 2 amide bonds. The predicted molar refractivity (Wildman–Crippen MR) is 129 cm³/mol. The van der Waals surface area contributed by atoms with Crippen molar-refractivity contribution in [3.63, 3.8) is 0 Å². The Kier molecular flexibility index (Phi) is 8.38. The summed E-state index contributed by atoms with van der Waals surface area (Å²) >= 11 is 0. The standard InChI is InChI=1S/C24H31N3O6S/c1-18(24(29)25-2)26(15-13-19-8-5-4-6-9-19)23(28)10-7-14-27(34(3,30)31)20-11-12-21-22(16-20)33-17-32-21/h4-6,8-9,11-12,16,18H,7,10,13-15,17H2,1-3H3,(H,25,29)/t18-/m0/s1. The van der Waals surface area contributed by atoms with Crippen LogP contribution < -0.4 is 19.1 Å². The van der Waals surface area contributed by atoms with E-state index in [0.29, 0.717) is 36.6 Å². The van der Waals surface area contributed by atoms with Crippen molar-refractivity contribution in [2.45, 2.75) is 32.2 Å². The molecule has 1 N–H and O–H groups in total. The highest BCUT2D eigenvalue weighted by Crippen LogP contribution is 2.36. The lowest BCUT2D eigenvalue weighted by Gasteiger charge is -2.29. The van der Waals surface area contributed by atoms with Gasteiger partial charge in [-0.15, -0.1) is 0 Å². The van der Waals surface area contributed by atoms with Crippen LogP contribution in [0.5, 0.6) is 11.5 Å². The number of nitrogens with one attached hydrogen (secondary N) is 1. The molecular weight excluding hydrogens is 458 g/mol. The third-order valence-corrected chi connectivity index (χ3v) is 6.89. The van der Waals surface area contributed by atoms with Gasteiger partial charge in [0.15, 0.2) is 11.5 Å². The number of benzene rings is 2. The Balaban J connectivity index is 1.67. The van der Waals surface area contributed by atoms with Gasteiger partial charge in [0.1, 0.15) is 6.04 Å². The first-order valence-electron chi connectivity index (χ1n) is 11.1. The number of nitrogens with zero attached hydrogens (tertiary/aromatic N) is 2. The minimum atomic E-state index is -3.59. The minimum absolute atomic E-state index is 0.0918. The molecule has 10 heteroatoms. The largest absolute Gasteiger partial charge is 0.454 e. The Morgan fingerprint density at radius 2 is 1.76 bits per heavy atom. The van der Waals surface area contributed by atoms with Gasteiger partial charge in [0, 0.05) is 32.6 Å². The molecule has 1 aliphatic rings. The smallest absolute Gasteiger partial charge is 0.242 e. The van der Waals surface area contributed by atoms with E-state index < -0.39 is 16.1 Å². The third-order valence-electron chi connectivity index (χ3n) is 5.69. The minimum Gasteiger partial charge on any atom is -0.454 e. The van der Waals surface area contributed by atoms with Crippen LogP contribution in [0, 0.1) is 0 Å². The van der Waals surface area contributed by atoms with Gasteiger partial charge in [0.05, 0.1) is 11.9 Å². The Morgan fingerprint density at radius 1 is 1.06 bits per heavy atom. The van der Waals surface area contributed by atoms with Crippen LogP contribution in [-0.4, -0.2) is 64.4 Å². The number of rotatable bonds is 11. The molecule has 3 rings (SSSR count). The van der Waals surface area contributed by atoms with E-state index in [1.807, 2.05) is 30.3 Å². The van der Waals surface area contributed by atoms with Gasteiger partial charge in [-0.3, -0.25) is 13.9 Å². The summed E-state index contributed by atoms with van der Waals surface area (Å²) in [5, 5.41) is 2.59. The van der Waals surface area contributed by atoms with Crippen molar-refractivity contribution in [2.75, 3.05) is 37.5 Å². The van der Waals surface area contributed by atoms with Crippen molar-refractivity contribution >= 4 is 27.5 Å². The molecule has 2 aromatic carbocycles. The molecule has 0 saturated heterocycles. The summed E-state index contributed by atoms with van der Waals surface area (Å²) in [6, 6.07) is 14.0. The van der Waals surface area contributed by atoms with Crippen molar-refractivity contribution in [2.24, 2.45) is 0 Å². The van der Waals surface area contributed by atoms with Crippen LogP contribution in [0.2, 0.25) is 0 Å². The second kappa shape index (κ2) is 11.2. The average Bonchev–Trinajstić information content (AvgIpc) is 3.29. The molecule has 0 bridgehead atoms. The highest BCUT2D eigenvalue weighted by molar-refractivity contribution is 7.92. The molecule has 1 aliphatic heterocycles. The summed E-state index contributed by atoms with van der Waals surface area (Å²) in [7, 11) is -2.05. The molecule has 34 heavy (non-hydrogen) atoms. The van der Waals surface area contributed by atoms with E-state index in [1.54, 1.807) is 30.0 Å². The number of sulfonamides is 1. The monoisotopic (exact) mass is 489 g/mol. The third kappa shape index (κ3) is 6.40. The van der Waals surface area contributed by atoms with E-state index in [4.69, 9.17) is 9.47 Å². The fourth-order valence-corrected chi connectivity index (χ4v) is 4.78. The van der Waals surface area contributed by atoms with E-state index in [0.717, 1.165) is 11.8 Å². The van der Waals surface area contributed by atoms with Gasteiger partial charge in [-0.25, -0.2) is 8.42 Å². The van der Waals surface area contributed by atoms with E-state index in [2.05, 4.69) is 5.32 Å². The maximum absolute atomic E-state index is 13.1. The quantitative estimate of drug-likeness (QED) is 0.519. The van der Waals surface area contributed by atoms with Crippen molar-refractivity contribution in [1.82, 2.24) is 10.2 Å². The van der Waals surface area contributed by atoms with Gasteiger partial charge in [0.2, 0.25) is 28.6 Å². The van der Waals surface area contributed by atoms with Gasteiger partial charge in [-0.2, -0.15) is 0 Å². The van der Waals surface area contributed by atoms with E-state index >= 15 is 0 Å². The van der Waals surface area contributed by atoms with Crippen molar-refractivity contribution in [3.05, 3.63) is 54.1 Å². The molecule has 0 spiro atoms. The van der Waals surface area contributed by atoms with E-state index in [9.17, 15) is 18.0 Å². The van der Waals surface area contributed by atoms with Crippen LogP contribution in [0.25, 0.3) is 0 Å².